The number of cyclic esters (lactones) is 1. The largest absolute Gasteiger partial charge is 0.464 e. The van der Waals surface area contributed by atoms with Crippen LogP contribution in [0.4, 0.5) is 0 Å². The highest BCUT2D eigenvalue weighted by atomic mass is 16.5. The Balaban J connectivity index is 1.52. The molecule has 1 amide bonds. The minimum atomic E-state index is -0.756. The van der Waals surface area contributed by atoms with Crippen molar-refractivity contribution in [2.75, 3.05) is 40.0 Å². The van der Waals surface area contributed by atoms with Crippen molar-refractivity contribution >= 4 is 28.4 Å². The maximum absolute atomic E-state index is 13.6. The summed E-state index contributed by atoms with van der Waals surface area (Å²) >= 11 is 0. The molecule has 5 heterocycles. The first-order chi connectivity index (χ1) is 23.0. The van der Waals surface area contributed by atoms with Gasteiger partial charge in [0.2, 0.25) is 0 Å². The summed E-state index contributed by atoms with van der Waals surface area (Å²) in [5.74, 6) is -0.300. The Morgan fingerprint density at radius 3 is 2.77 bits per heavy atom. The number of benzene rings is 1. The third kappa shape index (κ3) is 6.81. The van der Waals surface area contributed by atoms with E-state index in [4.69, 9.17) is 20.2 Å². The maximum atomic E-state index is 13.6. The van der Waals surface area contributed by atoms with E-state index >= 15 is 0 Å². The molecule has 4 atom stereocenters. The number of aryl methyl sites for hydroxylation is 1. The maximum Gasteiger partial charge on any atom is 0.324 e. The van der Waals surface area contributed by atoms with Gasteiger partial charge in [0.15, 0.2) is 0 Å². The fourth-order valence-electron chi connectivity index (χ4n) is 7.69. The number of rotatable bonds is 5. The molecule has 48 heavy (non-hydrogen) atoms. The second kappa shape index (κ2) is 14.1. The van der Waals surface area contributed by atoms with Gasteiger partial charge in [0.1, 0.15) is 6.04 Å². The van der Waals surface area contributed by atoms with Gasteiger partial charge in [-0.2, -0.15) is 0 Å². The van der Waals surface area contributed by atoms with Crippen LogP contribution in [0.25, 0.3) is 27.7 Å². The van der Waals surface area contributed by atoms with E-state index in [9.17, 15) is 9.59 Å². The lowest BCUT2D eigenvalue weighted by Crippen LogP contribution is -2.61. The number of methoxy groups -OCH3 is 1. The first-order valence-corrected chi connectivity index (χ1v) is 17.5. The van der Waals surface area contributed by atoms with Crippen molar-refractivity contribution in [3.05, 3.63) is 59.4 Å². The predicted octanol–water partition coefficient (Wildman–Crippen LogP) is 4.90. The summed E-state index contributed by atoms with van der Waals surface area (Å²) in [5, 5.41) is 2.73. The Labute approximate surface area is 284 Å². The van der Waals surface area contributed by atoms with Gasteiger partial charge in [0.25, 0.3) is 5.91 Å². The van der Waals surface area contributed by atoms with Crippen molar-refractivity contribution in [1.29, 1.82) is 0 Å². The smallest absolute Gasteiger partial charge is 0.324 e. The van der Waals surface area contributed by atoms with Gasteiger partial charge < -0.3 is 19.8 Å². The monoisotopic (exact) mass is 656 g/mol. The molecular weight excluding hydrogens is 604 g/mol. The van der Waals surface area contributed by atoms with E-state index in [1.54, 1.807) is 7.11 Å². The molecule has 0 spiro atoms. The van der Waals surface area contributed by atoms with Crippen molar-refractivity contribution in [3.8, 4) is 11.3 Å². The van der Waals surface area contributed by atoms with Crippen LogP contribution in [-0.4, -0.2) is 89.4 Å². The number of esters is 1. The zero-order valence-electron chi connectivity index (χ0n) is 29.4. The molecule has 10 heteroatoms. The molecule has 3 aromatic rings. The second-order valence-corrected chi connectivity index (χ2v) is 14.8. The van der Waals surface area contributed by atoms with Crippen molar-refractivity contribution < 1.29 is 19.1 Å². The minimum absolute atomic E-state index is 0.105. The fraction of sp³-hybridized carbons (Fsp3) is 0.553. The zero-order chi connectivity index (χ0) is 34.2. The number of hydrazine groups is 1. The molecular formula is C38H52N6O4. The number of nitrogens with two attached hydrogens (primary N) is 1. The lowest BCUT2D eigenvalue weighted by atomic mass is 9.83. The number of amides is 1. The van der Waals surface area contributed by atoms with Crippen LogP contribution in [0.15, 0.2) is 42.6 Å². The zero-order valence-corrected chi connectivity index (χ0v) is 29.4. The number of nitrogens with one attached hydrogen (secondary N) is 1. The summed E-state index contributed by atoms with van der Waals surface area (Å²) in [7, 11) is 1.71. The number of aromatic nitrogens is 2. The Kier molecular flexibility index (Phi) is 10.1. The Morgan fingerprint density at radius 1 is 1.21 bits per heavy atom. The average Bonchev–Trinajstić information content (AvgIpc) is 3.38. The summed E-state index contributed by atoms with van der Waals surface area (Å²) in [4.78, 5) is 34.2. The number of hydrogen-bond donors (Lipinski definition) is 2. The van der Waals surface area contributed by atoms with Gasteiger partial charge in [-0.1, -0.05) is 39.8 Å². The molecule has 0 aliphatic carbocycles. The third-order valence-corrected chi connectivity index (χ3v) is 10.1. The molecule has 1 saturated heterocycles. The summed E-state index contributed by atoms with van der Waals surface area (Å²) in [6, 6.07) is 9.78. The molecule has 3 N–H and O–H groups in total. The third-order valence-electron chi connectivity index (χ3n) is 10.1. The molecule has 0 radical (unpaired) electrons. The number of carbonyl (C=O) groups is 2. The molecule has 6 rings (SSSR count). The van der Waals surface area contributed by atoms with Crippen molar-refractivity contribution in [1.82, 2.24) is 24.9 Å². The van der Waals surface area contributed by atoms with Crippen LogP contribution in [0, 0.1) is 5.41 Å². The van der Waals surface area contributed by atoms with Crippen LogP contribution < -0.4 is 11.2 Å². The van der Waals surface area contributed by atoms with Crippen molar-refractivity contribution in [2.24, 2.45) is 11.1 Å². The molecule has 6 bridgehead atoms. The lowest BCUT2D eigenvalue weighted by molar-refractivity contribution is -0.155. The van der Waals surface area contributed by atoms with Gasteiger partial charge >= 0.3 is 5.97 Å². The molecule has 10 nitrogen and oxygen atoms in total. The Morgan fingerprint density at radius 2 is 2.02 bits per heavy atom. The summed E-state index contributed by atoms with van der Waals surface area (Å²) in [5.41, 5.74) is 17.6. The van der Waals surface area contributed by atoms with Crippen molar-refractivity contribution in [2.45, 2.75) is 90.9 Å². The van der Waals surface area contributed by atoms with Gasteiger partial charge in [-0.05, 0) is 79.5 Å². The highest BCUT2D eigenvalue weighted by Gasteiger charge is 2.35. The minimum Gasteiger partial charge on any atom is -0.464 e. The predicted molar refractivity (Wildman–Crippen MR) is 189 cm³/mol. The second-order valence-electron chi connectivity index (χ2n) is 14.8. The molecule has 0 saturated carbocycles. The number of ether oxygens (including phenoxy) is 2. The highest BCUT2D eigenvalue weighted by molar-refractivity contribution is 5.95. The van der Waals surface area contributed by atoms with Gasteiger partial charge in [0.05, 0.1) is 30.6 Å². The lowest BCUT2D eigenvalue weighted by Gasteiger charge is -2.39. The van der Waals surface area contributed by atoms with E-state index in [2.05, 4.69) is 79.9 Å². The van der Waals surface area contributed by atoms with Gasteiger partial charge in [-0.25, -0.2) is 5.43 Å². The van der Waals surface area contributed by atoms with Crippen LogP contribution in [0.3, 0.4) is 0 Å². The van der Waals surface area contributed by atoms with Gasteiger partial charge in [-0.3, -0.25) is 24.5 Å². The standard InChI is InChI=1S/C38H52N6O4/c1-7-43-33-15-13-25-18-29(33)30(35(43)28-10-8-16-40-34(28)24(2)3)19-38(4,5)23-48-37(46)32-11-9-17-44(41-32)36(45)31(39)21-42-20-26(25)12-14-27(42)22-47-6/h8,10,12-13,15-16,18,24,27,31-32,41H,7,9,11,14,17,19-23,39H2,1-6H3/t27-,31+,32+/m1/s1. The van der Waals surface area contributed by atoms with E-state index in [1.165, 1.54) is 32.7 Å². The SMILES string of the molecule is CCn1c(-c2cccnc2C(C)C)c2c3cc(ccc31)C1=CC[C@H](COC)N(C1)C[C@H](N)C(=O)N1CCC[C@H](N1)C(=O)OCC(C)(C)C2. The van der Waals surface area contributed by atoms with Crippen LogP contribution in [0.1, 0.15) is 76.6 Å². The molecule has 3 aliphatic rings. The Bertz CT molecular complexity index is 1690. The number of nitrogens with zero attached hydrogens (tertiary/aromatic N) is 4. The van der Waals surface area contributed by atoms with E-state index in [-0.39, 0.29) is 35.9 Å². The Hall–Kier alpha value is -3.57. The normalized spacial score (nSPS) is 25.2. The van der Waals surface area contributed by atoms with Crippen LogP contribution in [0.2, 0.25) is 0 Å². The molecule has 1 unspecified atom stereocenters. The van der Waals surface area contributed by atoms with Gasteiger partial charge in [0, 0.05) is 67.4 Å². The van der Waals surface area contributed by atoms with E-state index in [1.807, 2.05) is 12.3 Å². The highest BCUT2D eigenvalue weighted by Crippen LogP contribution is 2.41. The number of hydrogen-bond acceptors (Lipinski definition) is 8. The van der Waals surface area contributed by atoms with Crippen molar-refractivity contribution in [3.63, 3.8) is 0 Å². The molecule has 1 fully saturated rings. The number of pyridine rings is 1. The van der Waals surface area contributed by atoms with E-state index < -0.39 is 12.1 Å². The molecule has 2 aromatic heterocycles. The van der Waals surface area contributed by atoms with Crippen LogP contribution >= 0.6 is 0 Å². The fourth-order valence-corrected chi connectivity index (χ4v) is 7.69. The quantitative estimate of drug-likeness (QED) is 0.373. The van der Waals surface area contributed by atoms with Crippen LogP contribution in [0.5, 0.6) is 0 Å². The first-order valence-electron chi connectivity index (χ1n) is 17.5. The summed E-state index contributed by atoms with van der Waals surface area (Å²) in [6.07, 6.45) is 7.00. The number of fused-ring (bicyclic) bond motifs is 6. The topological polar surface area (TPSA) is 115 Å². The van der Waals surface area contributed by atoms with E-state index in [0.29, 0.717) is 45.5 Å². The molecule has 1 aromatic carbocycles. The number of carbonyl (C=O) groups excluding carboxylic acids is 2. The van der Waals surface area contributed by atoms with Crippen LogP contribution in [-0.2, 0) is 32.0 Å². The molecule has 3 aliphatic heterocycles. The first kappa shape index (κ1) is 34.3. The summed E-state index contributed by atoms with van der Waals surface area (Å²) < 4.78 is 14.0. The average molecular weight is 657 g/mol. The van der Waals surface area contributed by atoms with E-state index in [0.717, 1.165) is 29.8 Å². The molecule has 258 valence electrons. The van der Waals surface area contributed by atoms with Gasteiger partial charge in [-0.15, -0.1) is 0 Å². The summed E-state index contributed by atoms with van der Waals surface area (Å²) in [6.45, 7) is 14.0.